The highest BCUT2D eigenvalue weighted by Gasteiger charge is 2.32. The van der Waals surface area contributed by atoms with Crippen LogP contribution in [0.15, 0.2) is 29.8 Å². The molecule has 4 heteroatoms. The first kappa shape index (κ1) is 16.2. The maximum atomic E-state index is 12.9. The molecule has 0 unspecified atom stereocenters. The summed E-state index contributed by atoms with van der Waals surface area (Å²) in [6.45, 7) is 1.97. The Kier molecular flexibility index (Phi) is 6.17. The van der Waals surface area contributed by atoms with Crippen molar-refractivity contribution in [2.24, 2.45) is 0 Å². The SMILES string of the molecule is CCCCC#C/C(=C/c1ccc(OC)cc1)C(F)(F)F. The molecule has 1 aromatic carbocycles. The van der Waals surface area contributed by atoms with Crippen LogP contribution < -0.4 is 4.74 Å². The first-order valence-corrected chi connectivity index (χ1v) is 6.39. The summed E-state index contributed by atoms with van der Waals surface area (Å²) in [5.74, 6) is 5.40. The summed E-state index contributed by atoms with van der Waals surface area (Å²) in [6.07, 6.45) is -1.18. The molecule has 0 radical (unpaired) electrons. The second kappa shape index (κ2) is 7.64. The van der Waals surface area contributed by atoms with Gasteiger partial charge in [0.15, 0.2) is 0 Å². The highest BCUT2D eigenvalue weighted by Crippen LogP contribution is 2.27. The van der Waals surface area contributed by atoms with Gasteiger partial charge in [0.25, 0.3) is 0 Å². The largest absolute Gasteiger partial charge is 0.497 e. The van der Waals surface area contributed by atoms with Crippen LogP contribution in [0.3, 0.4) is 0 Å². The maximum absolute atomic E-state index is 12.9. The number of allylic oxidation sites excluding steroid dienone is 1. The number of rotatable bonds is 4. The maximum Gasteiger partial charge on any atom is 0.424 e. The van der Waals surface area contributed by atoms with Crippen LogP contribution in [0.4, 0.5) is 13.2 Å². The molecule has 0 saturated carbocycles. The molecule has 0 heterocycles. The van der Waals surface area contributed by atoms with Gasteiger partial charge in [-0.05, 0) is 30.2 Å². The third-order valence-corrected chi connectivity index (χ3v) is 2.61. The number of hydrogen-bond acceptors (Lipinski definition) is 1. The van der Waals surface area contributed by atoms with E-state index in [0.29, 0.717) is 17.7 Å². The van der Waals surface area contributed by atoms with Gasteiger partial charge in [0, 0.05) is 6.42 Å². The van der Waals surface area contributed by atoms with E-state index in [2.05, 4.69) is 11.8 Å². The van der Waals surface area contributed by atoms with Crippen molar-refractivity contribution in [2.45, 2.75) is 32.4 Å². The third-order valence-electron chi connectivity index (χ3n) is 2.61. The lowest BCUT2D eigenvalue weighted by atomic mass is 10.1. The zero-order valence-electron chi connectivity index (χ0n) is 11.6. The van der Waals surface area contributed by atoms with E-state index in [1.807, 2.05) is 6.92 Å². The molecule has 0 N–H and O–H groups in total. The zero-order chi connectivity index (χ0) is 15.0. The Morgan fingerprint density at radius 1 is 1.25 bits per heavy atom. The number of unbranched alkanes of at least 4 members (excludes halogenated alkanes) is 2. The fourth-order valence-electron chi connectivity index (χ4n) is 1.48. The monoisotopic (exact) mass is 282 g/mol. The van der Waals surface area contributed by atoms with Crippen molar-refractivity contribution < 1.29 is 17.9 Å². The predicted molar refractivity (Wildman–Crippen MR) is 74.3 cm³/mol. The molecule has 0 fully saturated rings. The number of halogens is 3. The van der Waals surface area contributed by atoms with Gasteiger partial charge in [0.2, 0.25) is 0 Å². The van der Waals surface area contributed by atoms with Crippen LogP contribution in [0.5, 0.6) is 5.75 Å². The van der Waals surface area contributed by atoms with Crippen molar-refractivity contribution in [3.05, 3.63) is 35.4 Å². The molecule has 1 aromatic rings. The molecule has 0 spiro atoms. The summed E-state index contributed by atoms with van der Waals surface area (Å²) < 4.78 is 43.6. The molecule has 0 saturated heterocycles. The van der Waals surface area contributed by atoms with Crippen molar-refractivity contribution in [3.63, 3.8) is 0 Å². The van der Waals surface area contributed by atoms with E-state index in [9.17, 15) is 13.2 Å². The quantitative estimate of drug-likeness (QED) is 0.567. The standard InChI is InChI=1S/C16H17F3O/c1-3-4-5-6-7-14(16(17,18)19)12-13-8-10-15(20-2)11-9-13/h8-12H,3-5H2,1-2H3/b14-12-. The minimum absolute atomic E-state index is 0.447. The molecular formula is C16H17F3O. The fraction of sp³-hybridized carbons (Fsp3) is 0.375. The Labute approximate surface area is 117 Å². The Balaban J connectivity index is 2.96. The van der Waals surface area contributed by atoms with Gasteiger partial charge in [0.1, 0.15) is 11.3 Å². The molecule has 108 valence electrons. The van der Waals surface area contributed by atoms with Crippen molar-refractivity contribution in [1.82, 2.24) is 0 Å². The zero-order valence-corrected chi connectivity index (χ0v) is 11.6. The number of hydrogen-bond donors (Lipinski definition) is 0. The van der Waals surface area contributed by atoms with Crippen LogP contribution in [0.2, 0.25) is 0 Å². The van der Waals surface area contributed by atoms with Gasteiger partial charge in [0.05, 0.1) is 7.11 Å². The minimum atomic E-state index is -4.43. The average Bonchev–Trinajstić information content (AvgIpc) is 2.42. The molecular weight excluding hydrogens is 265 g/mol. The van der Waals surface area contributed by atoms with Gasteiger partial charge in [-0.25, -0.2) is 0 Å². The van der Waals surface area contributed by atoms with E-state index >= 15 is 0 Å². The van der Waals surface area contributed by atoms with E-state index in [-0.39, 0.29) is 0 Å². The second-order valence-electron chi connectivity index (χ2n) is 4.23. The Hall–Kier alpha value is -1.89. The van der Waals surface area contributed by atoms with Crippen molar-refractivity contribution >= 4 is 6.08 Å². The highest BCUT2D eigenvalue weighted by atomic mass is 19.4. The first-order valence-electron chi connectivity index (χ1n) is 6.39. The van der Waals surface area contributed by atoms with Gasteiger partial charge in [-0.3, -0.25) is 0 Å². The Bertz CT molecular complexity index is 501. The van der Waals surface area contributed by atoms with E-state index in [1.54, 1.807) is 24.3 Å². The first-order chi connectivity index (χ1) is 9.47. The topological polar surface area (TPSA) is 9.23 Å². The molecule has 0 aliphatic carbocycles. The van der Waals surface area contributed by atoms with Crippen molar-refractivity contribution in [2.75, 3.05) is 7.11 Å². The molecule has 1 rings (SSSR count). The van der Waals surface area contributed by atoms with Crippen molar-refractivity contribution in [3.8, 4) is 17.6 Å². The van der Waals surface area contributed by atoms with Crippen LogP contribution in [-0.4, -0.2) is 13.3 Å². The molecule has 0 bridgehead atoms. The van der Waals surface area contributed by atoms with Crippen LogP contribution in [0, 0.1) is 11.8 Å². The van der Waals surface area contributed by atoms with E-state index in [4.69, 9.17) is 4.74 Å². The normalized spacial score (nSPS) is 11.8. The number of methoxy groups -OCH3 is 1. The Morgan fingerprint density at radius 3 is 2.40 bits per heavy atom. The summed E-state index contributed by atoms with van der Waals surface area (Å²) >= 11 is 0. The molecule has 20 heavy (non-hydrogen) atoms. The Morgan fingerprint density at radius 2 is 1.90 bits per heavy atom. The summed E-state index contributed by atoms with van der Waals surface area (Å²) in [4.78, 5) is 0. The minimum Gasteiger partial charge on any atom is -0.497 e. The highest BCUT2D eigenvalue weighted by molar-refractivity contribution is 5.60. The predicted octanol–water partition coefficient (Wildman–Crippen LogP) is 4.83. The van der Waals surface area contributed by atoms with Gasteiger partial charge in [-0.15, -0.1) is 0 Å². The lowest BCUT2D eigenvalue weighted by Crippen LogP contribution is -2.10. The summed E-state index contributed by atoms with van der Waals surface area (Å²) in [7, 11) is 1.51. The third kappa shape index (κ3) is 5.40. The second-order valence-corrected chi connectivity index (χ2v) is 4.23. The average molecular weight is 282 g/mol. The summed E-state index contributed by atoms with van der Waals surface area (Å²) in [5, 5.41) is 0. The lowest BCUT2D eigenvalue weighted by molar-refractivity contribution is -0.0863. The molecule has 0 aromatic heterocycles. The van der Waals surface area contributed by atoms with Crippen LogP contribution in [-0.2, 0) is 0 Å². The van der Waals surface area contributed by atoms with E-state index < -0.39 is 11.7 Å². The number of ether oxygens (including phenoxy) is 1. The number of alkyl halides is 3. The smallest absolute Gasteiger partial charge is 0.424 e. The van der Waals surface area contributed by atoms with Crippen LogP contribution in [0.25, 0.3) is 6.08 Å². The molecule has 1 nitrogen and oxygen atoms in total. The molecule has 0 aliphatic rings. The fourth-order valence-corrected chi connectivity index (χ4v) is 1.48. The van der Waals surface area contributed by atoms with Crippen molar-refractivity contribution in [1.29, 1.82) is 0 Å². The van der Waals surface area contributed by atoms with Gasteiger partial charge in [-0.1, -0.05) is 37.3 Å². The lowest BCUT2D eigenvalue weighted by Gasteiger charge is -2.06. The number of benzene rings is 1. The summed E-state index contributed by atoms with van der Waals surface area (Å²) in [6, 6.07) is 6.37. The molecule has 0 aliphatic heterocycles. The summed E-state index contributed by atoms with van der Waals surface area (Å²) in [5.41, 5.74) is -0.373. The van der Waals surface area contributed by atoms with Gasteiger partial charge >= 0.3 is 6.18 Å². The van der Waals surface area contributed by atoms with Gasteiger partial charge < -0.3 is 4.74 Å². The van der Waals surface area contributed by atoms with E-state index in [0.717, 1.165) is 18.9 Å². The van der Waals surface area contributed by atoms with E-state index in [1.165, 1.54) is 7.11 Å². The molecule has 0 amide bonds. The van der Waals surface area contributed by atoms with Crippen LogP contribution >= 0.6 is 0 Å². The van der Waals surface area contributed by atoms with Crippen LogP contribution in [0.1, 0.15) is 31.7 Å². The van der Waals surface area contributed by atoms with Gasteiger partial charge in [-0.2, -0.15) is 13.2 Å². The molecule has 0 atom stereocenters.